The Balaban J connectivity index is 2.76. The third-order valence-corrected chi connectivity index (χ3v) is 2.66. The van der Waals surface area contributed by atoms with E-state index in [9.17, 15) is 9.59 Å². The molecule has 1 atom stereocenters. The molecule has 98 valence electrons. The molecule has 0 aliphatic heterocycles. The smallest absolute Gasteiger partial charge is 0.316 e. The highest BCUT2D eigenvalue weighted by atomic mass is 16.5. The Kier molecular flexibility index (Phi) is 5.36. The molecule has 1 aromatic rings. The van der Waals surface area contributed by atoms with Crippen molar-refractivity contribution in [3.63, 3.8) is 0 Å². The maximum absolute atomic E-state index is 11.6. The van der Waals surface area contributed by atoms with Crippen LogP contribution in [0.5, 0.6) is 5.75 Å². The summed E-state index contributed by atoms with van der Waals surface area (Å²) in [7, 11) is 1.59. The van der Waals surface area contributed by atoms with Gasteiger partial charge in [-0.15, -0.1) is 0 Å². The zero-order chi connectivity index (χ0) is 13.5. The number of ether oxygens (including phenoxy) is 2. The highest BCUT2D eigenvalue weighted by molar-refractivity contribution is 5.98. The summed E-state index contributed by atoms with van der Waals surface area (Å²) >= 11 is 0. The molecular weight excluding hydrogens is 232 g/mol. The van der Waals surface area contributed by atoms with E-state index in [1.54, 1.807) is 26.2 Å². The molecule has 0 spiro atoms. The first-order valence-electron chi connectivity index (χ1n) is 5.88. The highest BCUT2D eigenvalue weighted by Crippen LogP contribution is 2.16. The zero-order valence-electron chi connectivity index (χ0n) is 10.9. The van der Waals surface area contributed by atoms with Crippen LogP contribution in [-0.2, 0) is 20.7 Å². The number of hydrogen-bond acceptors (Lipinski definition) is 4. The van der Waals surface area contributed by atoms with Crippen LogP contribution in [0.1, 0.15) is 19.4 Å². The van der Waals surface area contributed by atoms with Gasteiger partial charge in [-0.1, -0.05) is 12.1 Å². The van der Waals surface area contributed by atoms with Gasteiger partial charge in [-0.05, 0) is 38.0 Å². The monoisotopic (exact) mass is 250 g/mol. The van der Waals surface area contributed by atoms with Gasteiger partial charge >= 0.3 is 5.97 Å². The van der Waals surface area contributed by atoms with Crippen molar-refractivity contribution >= 4 is 11.8 Å². The Morgan fingerprint density at radius 3 is 2.28 bits per heavy atom. The van der Waals surface area contributed by atoms with Gasteiger partial charge in [0, 0.05) is 0 Å². The molecule has 0 aliphatic rings. The molecule has 4 nitrogen and oxygen atoms in total. The predicted octanol–water partition coefficient (Wildman–Crippen LogP) is 2.01. The number of methoxy groups -OCH3 is 1. The fourth-order valence-electron chi connectivity index (χ4n) is 1.63. The molecule has 0 N–H and O–H groups in total. The lowest BCUT2D eigenvalue weighted by atomic mass is 9.96. The van der Waals surface area contributed by atoms with Crippen LogP contribution >= 0.6 is 0 Å². The van der Waals surface area contributed by atoms with E-state index in [1.165, 1.54) is 6.92 Å². The molecule has 0 heterocycles. The van der Waals surface area contributed by atoms with Crippen molar-refractivity contribution in [2.75, 3.05) is 13.7 Å². The summed E-state index contributed by atoms with van der Waals surface area (Å²) < 4.78 is 9.95. The molecule has 0 fully saturated rings. The molecule has 0 bridgehead atoms. The van der Waals surface area contributed by atoms with E-state index in [-0.39, 0.29) is 12.4 Å². The summed E-state index contributed by atoms with van der Waals surface area (Å²) in [5, 5.41) is 0. The number of Topliss-reactive ketones (excluding diaryl/α,β-unsaturated/α-hetero) is 1. The van der Waals surface area contributed by atoms with Crippen LogP contribution in [0, 0.1) is 5.92 Å². The van der Waals surface area contributed by atoms with E-state index in [2.05, 4.69) is 0 Å². The van der Waals surface area contributed by atoms with Crippen molar-refractivity contribution in [1.82, 2.24) is 0 Å². The van der Waals surface area contributed by atoms with Crippen molar-refractivity contribution < 1.29 is 19.1 Å². The first kappa shape index (κ1) is 14.2. The lowest BCUT2D eigenvalue weighted by Gasteiger charge is -2.12. The molecular formula is C14H18O4. The van der Waals surface area contributed by atoms with Gasteiger partial charge in [-0.3, -0.25) is 9.59 Å². The Morgan fingerprint density at radius 2 is 1.83 bits per heavy atom. The maximum atomic E-state index is 11.6. The molecule has 0 radical (unpaired) electrons. The Labute approximate surface area is 107 Å². The fourth-order valence-corrected chi connectivity index (χ4v) is 1.63. The molecule has 0 aromatic heterocycles. The van der Waals surface area contributed by atoms with E-state index >= 15 is 0 Å². The van der Waals surface area contributed by atoms with Crippen LogP contribution in [0.4, 0.5) is 0 Å². The van der Waals surface area contributed by atoms with Gasteiger partial charge in [0.25, 0.3) is 0 Å². The summed E-state index contributed by atoms with van der Waals surface area (Å²) in [4.78, 5) is 23.1. The minimum atomic E-state index is -0.724. The largest absolute Gasteiger partial charge is 0.497 e. The molecule has 1 rings (SSSR count). The van der Waals surface area contributed by atoms with Crippen LogP contribution in [0.25, 0.3) is 0 Å². The van der Waals surface area contributed by atoms with E-state index in [4.69, 9.17) is 9.47 Å². The number of rotatable bonds is 6. The molecule has 0 aliphatic carbocycles. The zero-order valence-corrected chi connectivity index (χ0v) is 10.9. The number of carbonyl (C=O) groups excluding carboxylic acids is 2. The van der Waals surface area contributed by atoms with Gasteiger partial charge in [0.2, 0.25) is 0 Å². The maximum Gasteiger partial charge on any atom is 0.316 e. The first-order chi connectivity index (χ1) is 8.58. The quantitative estimate of drug-likeness (QED) is 0.572. The third kappa shape index (κ3) is 3.87. The molecule has 1 aromatic carbocycles. The number of ketones is 1. The standard InChI is InChI=1S/C14H18O4/c1-4-18-14(16)13(10(2)15)9-11-5-7-12(17-3)8-6-11/h5-8,13H,4,9H2,1-3H3. The second-order valence-corrected chi connectivity index (χ2v) is 3.97. The number of carbonyl (C=O) groups is 2. The Morgan fingerprint density at radius 1 is 1.22 bits per heavy atom. The van der Waals surface area contributed by atoms with Crippen molar-refractivity contribution in [3.8, 4) is 5.75 Å². The second kappa shape index (κ2) is 6.79. The number of hydrogen-bond donors (Lipinski definition) is 0. The summed E-state index contributed by atoms with van der Waals surface area (Å²) in [6.07, 6.45) is 0.359. The molecule has 4 heteroatoms. The average Bonchev–Trinajstić information content (AvgIpc) is 2.36. The van der Waals surface area contributed by atoms with Gasteiger partial charge < -0.3 is 9.47 Å². The van der Waals surface area contributed by atoms with E-state index < -0.39 is 11.9 Å². The van der Waals surface area contributed by atoms with Gasteiger partial charge in [-0.25, -0.2) is 0 Å². The van der Waals surface area contributed by atoms with Gasteiger partial charge in [0.05, 0.1) is 13.7 Å². The predicted molar refractivity (Wildman–Crippen MR) is 67.5 cm³/mol. The summed E-state index contributed by atoms with van der Waals surface area (Å²) in [5.41, 5.74) is 0.907. The highest BCUT2D eigenvalue weighted by Gasteiger charge is 2.24. The number of esters is 1. The SMILES string of the molecule is CCOC(=O)C(Cc1ccc(OC)cc1)C(C)=O. The molecule has 1 unspecified atom stereocenters. The first-order valence-corrected chi connectivity index (χ1v) is 5.88. The minimum absolute atomic E-state index is 0.177. The Hall–Kier alpha value is -1.84. The molecule has 0 saturated carbocycles. The summed E-state index contributed by atoms with van der Waals surface area (Å²) in [5.74, 6) is -0.613. The van der Waals surface area contributed by atoms with E-state index in [0.717, 1.165) is 11.3 Å². The molecule has 0 amide bonds. The summed E-state index contributed by atoms with van der Waals surface area (Å²) in [6.45, 7) is 3.42. The average molecular weight is 250 g/mol. The lowest BCUT2D eigenvalue weighted by Crippen LogP contribution is -2.26. The van der Waals surface area contributed by atoms with Crippen LogP contribution in [0.2, 0.25) is 0 Å². The van der Waals surface area contributed by atoms with Crippen LogP contribution in [-0.4, -0.2) is 25.5 Å². The van der Waals surface area contributed by atoms with E-state index in [1.807, 2.05) is 12.1 Å². The third-order valence-electron chi connectivity index (χ3n) is 2.66. The lowest BCUT2D eigenvalue weighted by molar-refractivity contribution is -0.151. The molecule has 0 saturated heterocycles. The van der Waals surface area contributed by atoms with Crippen LogP contribution < -0.4 is 4.74 Å². The van der Waals surface area contributed by atoms with Crippen molar-refractivity contribution in [2.24, 2.45) is 5.92 Å². The van der Waals surface area contributed by atoms with Gasteiger partial charge in [0.15, 0.2) is 0 Å². The van der Waals surface area contributed by atoms with Crippen LogP contribution in [0.15, 0.2) is 24.3 Å². The van der Waals surface area contributed by atoms with Crippen molar-refractivity contribution in [2.45, 2.75) is 20.3 Å². The van der Waals surface area contributed by atoms with Crippen molar-refractivity contribution in [1.29, 1.82) is 0 Å². The van der Waals surface area contributed by atoms with Gasteiger partial charge in [0.1, 0.15) is 17.5 Å². The molecule has 18 heavy (non-hydrogen) atoms. The van der Waals surface area contributed by atoms with Crippen molar-refractivity contribution in [3.05, 3.63) is 29.8 Å². The van der Waals surface area contributed by atoms with Gasteiger partial charge in [-0.2, -0.15) is 0 Å². The minimum Gasteiger partial charge on any atom is -0.497 e. The van der Waals surface area contributed by atoms with E-state index in [0.29, 0.717) is 6.42 Å². The topological polar surface area (TPSA) is 52.6 Å². The Bertz CT molecular complexity index is 408. The fraction of sp³-hybridized carbons (Fsp3) is 0.429. The number of benzene rings is 1. The van der Waals surface area contributed by atoms with Crippen LogP contribution in [0.3, 0.4) is 0 Å². The summed E-state index contributed by atoms with van der Waals surface area (Å²) in [6, 6.07) is 7.29. The normalized spacial score (nSPS) is 11.7. The second-order valence-electron chi connectivity index (χ2n) is 3.97.